The predicted octanol–water partition coefficient (Wildman–Crippen LogP) is 5.83. The average molecular weight is 376 g/mol. The summed E-state index contributed by atoms with van der Waals surface area (Å²) in [6, 6.07) is 11.9. The highest BCUT2D eigenvalue weighted by Crippen LogP contribution is 2.30. The molecule has 1 aliphatic rings. The van der Waals surface area contributed by atoms with Crippen molar-refractivity contribution in [3.05, 3.63) is 58.9 Å². The number of ether oxygens (including phenoxy) is 2. The SMILES string of the molecule is [C-]#[N+]c1cc(C)c2oc(-c3ccc(CCCOC4CCCCO4)cc3)nc2c1. The van der Waals surface area contributed by atoms with Crippen LogP contribution < -0.4 is 0 Å². The first kappa shape index (κ1) is 18.7. The van der Waals surface area contributed by atoms with Crippen molar-refractivity contribution in [3.63, 3.8) is 0 Å². The van der Waals surface area contributed by atoms with Gasteiger partial charge in [-0.1, -0.05) is 12.1 Å². The van der Waals surface area contributed by atoms with Crippen LogP contribution in [-0.4, -0.2) is 24.5 Å². The molecular weight excluding hydrogens is 352 g/mol. The molecule has 0 bridgehead atoms. The highest BCUT2D eigenvalue weighted by molar-refractivity contribution is 5.83. The molecule has 4 rings (SSSR count). The van der Waals surface area contributed by atoms with Crippen molar-refractivity contribution < 1.29 is 13.9 Å². The largest absolute Gasteiger partial charge is 0.436 e. The maximum atomic E-state index is 7.19. The maximum Gasteiger partial charge on any atom is 0.227 e. The van der Waals surface area contributed by atoms with E-state index in [-0.39, 0.29) is 6.29 Å². The van der Waals surface area contributed by atoms with E-state index in [4.69, 9.17) is 20.5 Å². The Kier molecular flexibility index (Phi) is 5.70. The Hall–Kier alpha value is -2.68. The lowest BCUT2D eigenvalue weighted by Gasteiger charge is -2.22. The van der Waals surface area contributed by atoms with Crippen molar-refractivity contribution in [1.82, 2.24) is 4.98 Å². The molecule has 0 N–H and O–H groups in total. The lowest BCUT2D eigenvalue weighted by molar-refractivity contribution is -0.162. The summed E-state index contributed by atoms with van der Waals surface area (Å²) in [5.74, 6) is 0.588. The highest BCUT2D eigenvalue weighted by atomic mass is 16.7. The predicted molar refractivity (Wildman–Crippen MR) is 108 cm³/mol. The molecule has 5 heteroatoms. The lowest BCUT2D eigenvalue weighted by Crippen LogP contribution is -2.22. The van der Waals surface area contributed by atoms with Gasteiger partial charge in [0.25, 0.3) is 0 Å². The Bertz CT molecular complexity index is 979. The summed E-state index contributed by atoms with van der Waals surface area (Å²) in [5, 5.41) is 0. The summed E-state index contributed by atoms with van der Waals surface area (Å²) < 4.78 is 17.3. The van der Waals surface area contributed by atoms with E-state index in [1.54, 1.807) is 6.07 Å². The molecule has 1 aromatic heterocycles. The van der Waals surface area contributed by atoms with Crippen molar-refractivity contribution in [3.8, 4) is 11.5 Å². The van der Waals surface area contributed by atoms with E-state index in [0.717, 1.165) is 61.1 Å². The van der Waals surface area contributed by atoms with Crippen molar-refractivity contribution in [2.45, 2.75) is 45.3 Å². The maximum absolute atomic E-state index is 7.19. The van der Waals surface area contributed by atoms with Gasteiger partial charge in [0.1, 0.15) is 0 Å². The fourth-order valence-electron chi connectivity index (χ4n) is 3.52. The minimum atomic E-state index is -0.0119. The Morgan fingerprint density at radius 2 is 2.07 bits per heavy atom. The number of oxazole rings is 1. The molecule has 144 valence electrons. The van der Waals surface area contributed by atoms with Gasteiger partial charge < -0.3 is 13.9 Å². The zero-order chi connectivity index (χ0) is 19.3. The first-order valence-electron chi connectivity index (χ1n) is 9.84. The van der Waals surface area contributed by atoms with Gasteiger partial charge in [0.2, 0.25) is 5.89 Å². The van der Waals surface area contributed by atoms with Crippen LogP contribution in [0.3, 0.4) is 0 Å². The summed E-state index contributed by atoms with van der Waals surface area (Å²) in [7, 11) is 0. The van der Waals surface area contributed by atoms with Crippen molar-refractivity contribution >= 4 is 16.8 Å². The molecule has 28 heavy (non-hydrogen) atoms. The first-order valence-corrected chi connectivity index (χ1v) is 9.84. The second-order valence-corrected chi connectivity index (χ2v) is 7.21. The van der Waals surface area contributed by atoms with Gasteiger partial charge in [-0.25, -0.2) is 9.83 Å². The molecule has 0 amide bonds. The van der Waals surface area contributed by atoms with E-state index in [9.17, 15) is 0 Å². The highest BCUT2D eigenvalue weighted by Gasteiger charge is 2.14. The van der Waals surface area contributed by atoms with Crippen LogP contribution in [0.4, 0.5) is 5.69 Å². The molecule has 1 atom stereocenters. The summed E-state index contributed by atoms with van der Waals surface area (Å²) in [4.78, 5) is 8.06. The summed E-state index contributed by atoms with van der Waals surface area (Å²) in [6.45, 7) is 10.7. The van der Waals surface area contributed by atoms with Crippen LogP contribution in [0.15, 0.2) is 40.8 Å². The van der Waals surface area contributed by atoms with Gasteiger partial charge in [-0.2, -0.15) is 0 Å². The Labute approximate surface area is 165 Å². The number of hydrogen-bond donors (Lipinski definition) is 0. The van der Waals surface area contributed by atoms with Crippen LogP contribution in [0.1, 0.15) is 36.8 Å². The van der Waals surface area contributed by atoms with Gasteiger partial charge in [-0.15, -0.1) is 0 Å². The minimum Gasteiger partial charge on any atom is -0.436 e. The Balaban J connectivity index is 1.37. The number of nitrogens with zero attached hydrogens (tertiary/aromatic N) is 2. The molecule has 2 aromatic carbocycles. The van der Waals surface area contributed by atoms with E-state index < -0.39 is 0 Å². The zero-order valence-corrected chi connectivity index (χ0v) is 16.1. The molecule has 2 heterocycles. The number of hydrogen-bond acceptors (Lipinski definition) is 4. The van der Waals surface area contributed by atoms with Crippen LogP contribution in [0.25, 0.3) is 27.4 Å². The quantitative estimate of drug-likeness (QED) is 0.401. The summed E-state index contributed by atoms with van der Waals surface area (Å²) in [5.41, 5.74) is 5.19. The smallest absolute Gasteiger partial charge is 0.227 e. The molecule has 1 aliphatic heterocycles. The molecule has 3 aromatic rings. The first-order chi connectivity index (χ1) is 13.7. The third-order valence-electron chi connectivity index (χ3n) is 5.04. The monoisotopic (exact) mass is 376 g/mol. The number of benzene rings is 2. The van der Waals surface area contributed by atoms with Gasteiger partial charge in [-0.05, 0) is 74.4 Å². The number of aromatic nitrogens is 1. The van der Waals surface area contributed by atoms with Gasteiger partial charge >= 0.3 is 0 Å². The van der Waals surface area contributed by atoms with E-state index in [1.165, 1.54) is 12.0 Å². The summed E-state index contributed by atoms with van der Waals surface area (Å²) >= 11 is 0. The number of fused-ring (bicyclic) bond motifs is 1. The fraction of sp³-hybridized carbons (Fsp3) is 0.391. The van der Waals surface area contributed by atoms with E-state index in [2.05, 4.69) is 22.0 Å². The molecule has 1 fully saturated rings. The fourth-order valence-corrected chi connectivity index (χ4v) is 3.52. The van der Waals surface area contributed by atoms with E-state index in [0.29, 0.717) is 11.6 Å². The zero-order valence-electron chi connectivity index (χ0n) is 16.1. The van der Waals surface area contributed by atoms with Crippen LogP contribution >= 0.6 is 0 Å². The van der Waals surface area contributed by atoms with E-state index >= 15 is 0 Å². The van der Waals surface area contributed by atoms with Gasteiger partial charge in [0, 0.05) is 12.2 Å². The topological polar surface area (TPSA) is 48.9 Å². The molecule has 0 radical (unpaired) electrons. The molecule has 1 unspecified atom stereocenters. The van der Waals surface area contributed by atoms with E-state index in [1.807, 2.05) is 25.1 Å². The Morgan fingerprint density at radius 1 is 1.21 bits per heavy atom. The van der Waals surface area contributed by atoms with Crippen LogP contribution in [0, 0.1) is 13.5 Å². The molecule has 1 saturated heterocycles. The van der Waals surface area contributed by atoms with Gasteiger partial charge in [0.15, 0.2) is 17.6 Å². The Morgan fingerprint density at radius 3 is 2.82 bits per heavy atom. The second kappa shape index (κ2) is 8.55. The van der Waals surface area contributed by atoms with Crippen molar-refractivity contribution in [1.29, 1.82) is 0 Å². The van der Waals surface area contributed by atoms with Gasteiger partial charge in [0.05, 0.1) is 18.7 Å². The molecular formula is C23H24N2O3. The standard InChI is InChI=1S/C23H24N2O3/c1-16-14-19(24-2)15-20-22(16)28-23(25-20)18-10-8-17(9-11-18)6-5-13-27-21-7-3-4-12-26-21/h8-11,14-15,21H,3-7,12-13H2,1H3. The van der Waals surface area contributed by atoms with Crippen LogP contribution in [0.5, 0.6) is 0 Å². The number of rotatable bonds is 6. The number of aryl methyl sites for hydroxylation is 2. The lowest BCUT2D eigenvalue weighted by atomic mass is 10.1. The third kappa shape index (κ3) is 4.24. The third-order valence-corrected chi connectivity index (χ3v) is 5.04. The van der Waals surface area contributed by atoms with Crippen LogP contribution in [-0.2, 0) is 15.9 Å². The van der Waals surface area contributed by atoms with Crippen molar-refractivity contribution in [2.75, 3.05) is 13.2 Å². The summed E-state index contributed by atoms with van der Waals surface area (Å²) in [6.07, 6.45) is 5.28. The average Bonchev–Trinajstić information content (AvgIpc) is 3.17. The molecule has 0 aliphatic carbocycles. The van der Waals surface area contributed by atoms with Crippen LogP contribution in [0.2, 0.25) is 0 Å². The molecule has 0 spiro atoms. The van der Waals surface area contributed by atoms with Crippen molar-refractivity contribution in [2.24, 2.45) is 0 Å². The second-order valence-electron chi connectivity index (χ2n) is 7.21. The molecule has 5 nitrogen and oxygen atoms in total. The molecule has 0 saturated carbocycles. The normalized spacial score (nSPS) is 16.9. The van der Waals surface area contributed by atoms with Gasteiger partial charge in [-0.3, -0.25) is 0 Å². The minimum absolute atomic E-state index is 0.0119.